The average Bonchev–Trinajstić information content (AvgIpc) is 3.75. The number of nitrogens with one attached hydrogen (secondary N) is 1. The van der Waals surface area contributed by atoms with Crippen LogP contribution in [0.2, 0.25) is 10.0 Å². The predicted octanol–water partition coefficient (Wildman–Crippen LogP) is 7.64. The summed E-state index contributed by atoms with van der Waals surface area (Å²) in [5.41, 5.74) is 1.61. The number of aromatic nitrogens is 1. The number of pyridine rings is 1. The van der Waals surface area contributed by atoms with Crippen LogP contribution in [0.15, 0.2) is 44.9 Å². The molecule has 3 aromatic rings. The Morgan fingerprint density at radius 3 is 2.47 bits per heavy atom. The van der Waals surface area contributed by atoms with Gasteiger partial charge in [0, 0.05) is 55.0 Å². The number of H-pyrrole nitrogens is 1. The van der Waals surface area contributed by atoms with Crippen molar-refractivity contribution in [3.05, 3.63) is 78.7 Å². The Hall–Kier alpha value is -3.28. The Morgan fingerprint density at radius 1 is 1.13 bits per heavy atom. The minimum absolute atomic E-state index is 0.0190. The number of carbonyl (C=O) groups is 2. The number of nitrogens with zero attached hydrogens (tertiary/aromatic N) is 3. The molecule has 1 aromatic heterocycles. The van der Waals surface area contributed by atoms with Crippen LogP contribution in [0, 0.1) is 0 Å². The number of aromatic amines is 1. The van der Waals surface area contributed by atoms with E-state index in [9.17, 15) is 23.2 Å². The lowest BCUT2D eigenvalue weighted by molar-refractivity contribution is 0.0121. The van der Waals surface area contributed by atoms with Gasteiger partial charge < -0.3 is 19.5 Å². The molecule has 3 heterocycles. The number of hydrogen-bond donors (Lipinski definition) is 1. The maximum atomic E-state index is 14.4. The van der Waals surface area contributed by atoms with E-state index in [2.05, 4.69) is 4.98 Å². The number of halogens is 4. The molecule has 0 spiro atoms. The number of alkyl halides is 2. The molecule has 13 heteroatoms. The van der Waals surface area contributed by atoms with Gasteiger partial charge in [-0.2, -0.15) is 0 Å². The van der Waals surface area contributed by atoms with E-state index in [1.165, 1.54) is 4.90 Å². The number of hydrogen-bond acceptors (Lipinski definition) is 5. The van der Waals surface area contributed by atoms with Crippen molar-refractivity contribution < 1.29 is 23.1 Å². The van der Waals surface area contributed by atoms with E-state index in [0.29, 0.717) is 42.9 Å². The molecule has 2 aromatic carbocycles. The number of rotatable bonds is 8. The normalized spacial score (nSPS) is 16.8. The molecule has 1 saturated heterocycles. The Bertz CT molecular complexity index is 1740. The number of anilines is 1. The van der Waals surface area contributed by atoms with E-state index < -0.39 is 23.1 Å². The van der Waals surface area contributed by atoms with Crippen LogP contribution < -0.4 is 15.2 Å². The molecule has 2 aliphatic heterocycles. The smallest absolute Gasteiger partial charge is 0.324 e. The zero-order valence-corrected chi connectivity index (χ0v) is 27.3. The first kappa shape index (κ1) is 31.7. The largest absolute Gasteiger partial charge is 0.494 e. The van der Waals surface area contributed by atoms with E-state index in [1.807, 2.05) is 13.0 Å². The van der Waals surface area contributed by atoms with Gasteiger partial charge in [-0.25, -0.2) is 13.6 Å². The zero-order valence-electron chi connectivity index (χ0n) is 25.0. The topological polar surface area (TPSA) is 85.9 Å². The molecule has 8 nitrogen and oxygen atoms in total. The Labute approximate surface area is 273 Å². The second-order valence-electron chi connectivity index (χ2n) is 11.6. The van der Waals surface area contributed by atoms with Gasteiger partial charge >= 0.3 is 6.03 Å². The summed E-state index contributed by atoms with van der Waals surface area (Å²) >= 11 is 13.7. The molecule has 6 rings (SSSR count). The maximum Gasteiger partial charge on any atom is 0.324 e. The van der Waals surface area contributed by atoms with Crippen LogP contribution in [0.1, 0.15) is 71.8 Å². The first-order valence-corrected chi connectivity index (χ1v) is 16.4. The molecule has 0 unspecified atom stereocenters. The van der Waals surface area contributed by atoms with Crippen molar-refractivity contribution in [1.82, 2.24) is 14.8 Å². The molecule has 1 N–H and O–H groups in total. The van der Waals surface area contributed by atoms with E-state index in [0.717, 1.165) is 53.8 Å². The summed E-state index contributed by atoms with van der Waals surface area (Å²) in [4.78, 5) is 48.6. The SMILES string of the molecule is CCN1CCCN(c2cc3c(c(C4CC4)c2OC)CN(C(=O)c2c(Sc4c(Cl)cccc4Cl)cc(C(C)(F)F)[nH]c2=O)C3)C1=O. The molecule has 3 amide bonds. The first-order chi connectivity index (χ1) is 21.4. The van der Waals surface area contributed by atoms with Crippen molar-refractivity contribution in [2.75, 3.05) is 31.6 Å². The molecular formula is C32H32Cl2F2N4O4S. The van der Waals surface area contributed by atoms with Crippen LogP contribution in [0.4, 0.5) is 19.3 Å². The van der Waals surface area contributed by atoms with Crippen LogP contribution in [0.3, 0.4) is 0 Å². The molecule has 1 aliphatic carbocycles. The molecule has 1 saturated carbocycles. The van der Waals surface area contributed by atoms with E-state index >= 15 is 0 Å². The highest BCUT2D eigenvalue weighted by atomic mass is 35.5. The molecule has 0 bridgehead atoms. The fraction of sp³-hybridized carbons (Fsp3) is 0.406. The minimum Gasteiger partial charge on any atom is -0.494 e. The number of carbonyl (C=O) groups excluding carboxylic acids is 2. The van der Waals surface area contributed by atoms with Crippen LogP contribution >= 0.6 is 35.0 Å². The molecule has 3 aliphatic rings. The summed E-state index contributed by atoms with van der Waals surface area (Å²) in [5, 5.41) is 0.513. The molecular weight excluding hydrogens is 645 g/mol. The molecule has 0 radical (unpaired) electrons. The number of benzene rings is 2. The summed E-state index contributed by atoms with van der Waals surface area (Å²) < 4.78 is 34.8. The number of methoxy groups -OCH3 is 1. The van der Waals surface area contributed by atoms with E-state index in [4.69, 9.17) is 27.9 Å². The van der Waals surface area contributed by atoms with Crippen molar-refractivity contribution in [2.24, 2.45) is 0 Å². The minimum atomic E-state index is -3.37. The highest BCUT2D eigenvalue weighted by molar-refractivity contribution is 7.99. The number of fused-ring (bicyclic) bond motifs is 1. The van der Waals surface area contributed by atoms with Crippen LogP contribution in [0.5, 0.6) is 5.75 Å². The maximum absolute atomic E-state index is 14.4. The number of amides is 3. The van der Waals surface area contributed by atoms with Gasteiger partial charge in [0.25, 0.3) is 17.4 Å². The molecule has 2 fully saturated rings. The van der Waals surface area contributed by atoms with Crippen molar-refractivity contribution >= 4 is 52.6 Å². The first-order valence-electron chi connectivity index (χ1n) is 14.8. The fourth-order valence-electron chi connectivity index (χ4n) is 6.11. The quantitative estimate of drug-likeness (QED) is 0.265. The van der Waals surface area contributed by atoms with Gasteiger partial charge in [-0.15, -0.1) is 0 Å². The standard InChI is InChI=1S/C32H32Cl2F2N4O4S/c1-4-38-11-6-12-40(31(38)43)22-13-18-15-39(16-19(18)25(17-9-10-17)27(22)44-3)30(42)26-23(14-24(32(2,35)36)37-29(26)41)45-28-20(33)7-5-8-21(28)34/h5,7-8,13-14,17H,4,6,9-12,15-16H2,1-3H3,(H,37,41). The van der Waals surface area contributed by atoms with Crippen molar-refractivity contribution in [2.45, 2.75) is 67.8 Å². The van der Waals surface area contributed by atoms with Crippen molar-refractivity contribution in [1.29, 1.82) is 0 Å². The lowest BCUT2D eigenvalue weighted by atomic mass is 9.96. The van der Waals surface area contributed by atoms with Crippen molar-refractivity contribution in [3.63, 3.8) is 0 Å². The molecule has 0 atom stereocenters. The summed E-state index contributed by atoms with van der Waals surface area (Å²) in [6, 6.07) is 7.76. The predicted molar refractivity (Wildman–Crippen MR) is 170 cm³/mol. The van der Waals surface area contributed by atoms with Gasteiger partial charge in [0.1, 0.15) is 11.3 Å². The van der Waals surface area contributed by atoms with Gasteiger partial charge in [-0.3, -0.25) is 14.5 Å². The summed E-state index contributed by atoms with van der Waals surface area (Å²) in [6.07, 6.45) is 2.73. The van der Waals surface area contributed by atoms with Gasteiger partial charge in [-0.05, 0) is 67.5 Å². The summed E-state index contributed by atoms with van der Waals surface area (Å²) in [7, 11) is 1.59. The Morgan fingerprint density at radius 2 is 1.84 bits per heavy atom. The lowest BCUT2D eigenvalue weighted by Gasteiger charge is -2.36. The van der Waals surface area contributed by atoms with Crippen molar-refractivity contribution in [3.8, 4) is 5.75 Å². The Balaban J connectivity index is 1.41. The second kappa shape index (κ2) is 12.1. The molecule has 45 heavy (non-hydrogen) atoms. The van der Waals surface area contributed by atoms with Gasteiger partial charge in [0.2, 0.25) is 0 Å². The third-order valence-corrected chi connectivity index (χ3v) is 10.5. The fourth-order valence-corrected chi connectivity index (χ4v) is 7.75. The highest BCUT2D eigenvalue weighted by Gasteiger charge is 2.40. The Kier molecular flexibility index (Phi) is 8.56. The van der Waals surface area contributed by atoms with Crippen LogP contribution in [-0.2, 0) is 19.0 Å². The third kappa shape index (κ3) is 5.90. The van der Waals surface area contributed by atoms with Gasteiger partial charge in [0.15, 0.2) is 0 Å². The van der Waals surface area contributed by atoms with Crippen LogP contribution in [-0.4, -0.2) is 53.5 Å². The van der Waals surface area contributed by atoms with Gasteiger partial charge in [-0.1, -0.05) is 41.0 Å². The van der Waals surface area contributed by atoms with Gasteiger partial charge in [0.05, 0.1) is 28.5 Å². The van der Waals surface area contributed by atoms with E-state index in [-0.39, 0.29) is 45.5 Å². The lowest BCUT2D eigenvalue weighted by Crippen LogP contribution is -2.49. The van der Waals surface area contributed by atoms with Crippen LogP contribution in [0.25, 0.3) is 0 Å². The highest BCUT2D eigenvalue weighted by Crippen LogP contribution is 2.52. The number of ether oxygens (including phenoxy) is 1. The zero-order chi connectivity index (χ0) is 32.2. The monoisotopic (exact) mass is 676 g/mol. The summed E-state index contributed by atoms with van der Waals surface area (Å²) in [6.45, 7) is 4.82. The third-order valence-electron chi connectivity index (χ3n) is 8.49. The summed E-state index contributed by atoms with van der Waals surface area (Å²) in [5.74, 6) is -3.12. The second-order valence-corrected chi connectivity index (χ2v) is 13.4. The molecule has 238 valence electrons. The van der Waals surface area contributed by atoms with E-state index in [1.54, 1.807) is 35.1 Å². The average molecular weight is 678 g/mol. The number of urea groups is 1.